The largest absolute Gasteiger partial charge is 0.497 e. The first-order valence-electron chi connectivity index (χ1n) is 8.77. The van der Waals surface area contributed by atoms with Gasteiger partial charge < -0.3 is 19.5 Å². The zero-order chi connectivity index (χ0) is 19.8. The molecule has 0 unspecified atom stereocenters. The van der Waals surface area contributed by atoms with Crippen LogP contribution in [0.2, 0.25) is 0 Å². The molecule has 1 amide bonds. The molecule has 0 aliphatic rings. The average Bonchev–Trinajstić information content (AvgIpc) is 2.71. The van der Waals surface area contributed by atoms with E-state index in [0.717, 1.165) is 6.42 Å². The van der Waals surface area contributed by atoms with E-state index in [1.54, 1.807) is 12.1 Å². The Morgan fingerprint density at radius 1 is 1.04 bits per heavy atom. The summed E-state index contributed by atoms with van der Waals surface area (Å²) >= 11 is 0. The molecule has 0 aliphatic carbocycles. The van der Waals surface area contributed by atoms with Gasteiger partial charge in [0.15, 0.2) is 6.61 Å². The number of esters is 1. The maximum atomic E-state index is 12.2. The number of hydrogen-bond donors (Lipinski definition) is 1. The van der Waals surface area contributed by atoms with E-state index in [9.17, 15) is 9.59 Å². The summed E-state index contributed by atoms with van der Waals surface area (Å²) in [5, 5.41) is 2.71. The fourth-order valence-corrected chi connectivity index (χ4v) is 2.50. The summed E-state index contributed by atoms with van der Waals surface area (Å²) in [5.41, 5.74) is 2.10. The molecule has 2 aromatic carbocycles. The molecule has 0 spiro atoms. The SMILES string of the molecule is CC[C@H](C)c1ccc(NC(=O)COC(=O)c2ccc(OC)cc2OC)cc1. The number of rotatable bonds is 8. The van der Waals surface area contributed by atoms with Crippen molar-refractivity contribution in [1.82, 2.24) is 0 Å². The molecule has 27 heavy (non-hydrogen) atoms. The van der Waals surface area contributed by atoms with Gasteiger partial charge in [-0.05, 0) is 42.2 Å². The first kappa shape index (κ1) is 20.3. The van der Waals surface area contributed by atoms with Gasteiger partial charge in [0.1, 0.15) is 17.1 Å². The van der Waals surface area contributed by atoms with Crippen LogP contribution in [-0.4, -0.2) is 32.7 Å². The number of amides is 1. The van der Waals surface area contributed by atoms with Crippen LogP contribution < -0.4 is 14.8 Å². The summed E-state index contributed by atoms with van der Waals surface area (Å²) in [6.07, 6.45) is 1.05. The highest BCUT2D eigenvalue weighted by Crippen LogP contribution is 2.25. The molecule has 1 N–H and O–H groups in total. The molecule has 0 saturated heterocycles. The van der Waals surface area contributed by atoms with Crippen molar-refractivity contribution in [1.29, 1.82) is 0 Å². The molecule has 0 saturated carbocycles. The second-order valence-corrected chi connectivity index (χ2v) is 6.12. The molecule has 0 aliphatic heterocycles. The first-order valence-corrected chi connectivity index (χ1v) is 8.77. The minimum absolute atomic E-state index is 0.226. The van der Waals surface area contributed by atoms with E-state index in [4.69, 9.17) is 14.2 Å². The Morgan fingerprint density at radius 2 is 1.74 bits per heavy atom. The third kappa shape index (κ3) is 5.48. The molecule has 6 nitrogen and oxygen atoms in total. The van der Waals surface area contributed by atoms with Crippen molar-refractivity contribution in [2.75, 3.05) is 26.1 Å². The molecule has 6 heteroatoms. The summed E-state index contributed by atoms with van der Waals surface area (Å²) in [7, 11) is 2.97. The van der Waals surface area contributed by atoms with Gasteiger partial charge in [-0.15, -0.1) is 0 Å². The molecular formula is C21H25NO5. The van der Waals surface area contributed by atoms with Crippen molar-refractivity contribution >= 4 is 17.6 Å². The number of hydrogen-bond acceptors (Lipinski definition) is 5. The third-order valence-corrected chi connectivity index (χ3v) is 4.34. The Kier molecular flexibility index (Phi) is 7.23. The second kappa shape index (κ2) is 9.62. The topological polar surface area (TPSA) is 73.9 Å². The number of carbonyl (C=O) groups excluding carboxylic acids is 2. The number of anilines is 1. The number of ether oxygens (including phenoxy) is 3. The smallest absolute Gasteiger partial charge is 0.342 e. The van der Waals surface area contributed by atoms with E-state index in [0.29, 0.717) is 23.1 Å². The van der Waals surface area contributed by atoms with Gasteiger partial charge in [-0.3, -0.25) is 4.79 Å². The maximum absolute atomic E-state index is 12.2. The Labute approximate surface area is 159 Å². The number of carbonyl (C=O) groups is 2. The minimum atomic E-state index is -0.642. The number of benzene rings is 2. The summed E-state index contributed by atoms with van der Waals surface area (Å²) in [4.78, 5) is 24.2. The van der Waals surface area contributed by atoms with Crippen LogP contribution in [0.4, 0.5) is 5.69 Å². The van der Waals surface area contributed by atoms with Crippen LogP contribution in [-0.2, 0) is 9.53 Å². The van der Waals surface area contributed by atoms with Crippen molar-refractivity contribution < 1.29 is 23.8 Å². The van der Waals surface area contributed by atoms with E-state index in [1.807, 2.05) is 24.3 Å². The van der Waals surface area contributed by atoms with Crippen LogP contribution in [0.25, 0.3) is 0 Å². The van der Waals surface area contributed by atoms with Crippen molar-refractivity contribution in [3.8, 4) is 11.5 Å². The van der Waals surface area contributed by atoms with Gasteiger partial charge in [-0.1, -0.05) is 26.0 Å². The lowest BCUT2D eigenvalue weighted by molar-refractivity contribution is -0.119. The van der Waals surface area contributed by atoms with E-state index in [1.165, 1.54) is 25.8 Å². The maximum Gasteiger partial charge on any atom is 0.342 e. The molecule has 144 valence electrons. The van der Waals surface area contributed by atoms with Crippen LogP contribution in [0, 0.1) is 0 Å². The lowest BCUT2D eigenvalue weighted by Gasteiger charge is -2.12. The Morgan fingerprint density at radius 3 is 2.33 bits per heavy atom. The fraction of sp³-hybridized carbons (Fsp3) is 0.333. The third-order valence-electron chi connectivity index (χ3n) is 4.34. The standard InChI is InChI=1S/C21H25NO5/c1-5-14(2)15-6-8-16(9-7-15)22-20(23)13-27-21(24)18-11-10-17(25-3)12-19(18)26-4/h6-12,14H,5,13H2,1-4H3,(H,22,23)/t14-/m0/s1. The normalized spacial score (nSPS) is 11.4. The Balaban J connectivity index is 1.92. The van der Waals surface area contributed by atoms with Crippen molar-refractivity contribution in [2.45, 2.75) is 26.2 Å². The molecule has 0 aromatic heterocycles. The van der Waals surface area contributed by atoms with Crippen molar-refractivity contribution in [3.63, 3.8) is 0 Å². The molecule has 0 heterocycles. The zero-order valence-corrected chi connectivity index (χ0v) is 16.1. The highest BCUT2D eigenvalue weighted by molar-refractivity contribution is 5.96. The van der Waals surface area contributed by atoms with E-state index < -0.39 is 11.9 Å². The zero-order valence-electron chi connectivity index (χ0n) is 16.1. The number of nitrogens with one attached hydrogen (secondary N) is 1. The monoisotopic (exact) mass is 371 g/mol. The van der Waals surface area contributed by atoms with Gasteiger partial charge in [0.25, 0.3) is 5.91 Å². The van der Waals surface area contributed by atoms with Gasteiger partial charge in [0.2, 0.25) is 0 Å². The van der Waals surface area contributed by atoms with Crippen LogP contribution in [0.3, 0.4) is 0 Å². The average molecular weight is 371 g/mol. The van der Waals surface area contributed by atoms with Crippen LogP contribution in [0.15, 0.2) is 42.5 Å². The molecule has 2 aromatic rings. The highest BCUT2D eigenvalue weighted by atomic mass is 16.5. The summed E-state index contributed by atoms with van der Waals surface area (Å²) in [6.45, 7) is 3.90. The van der Waals surface area contributed by atoms with Gasteiger partial charge in [-0.2, -0.15) is 0 Å². The van der Waals surface area contributed by atoms with E-state index in [-0.39, 0.29) is 12.2 Å². The van der Waals surface area contributed by atoms with Gasteiger partial charge in [0.05, 0.1) is 14.2 Å². The molecule has 0 fully saturated rings. The second-order valence-electron chi connectivity index (χ2n) is 6.12. The molecule has 1 atom stereocenters. The summed E-state index contributed by atoms with van der Waals surface area (Å²) in [5.74, 6) is 0.293. The minimum Gasteiger partial charge on any atom is -0.497 e. The van der Waals surface area contributed by atoms with E-state index >= 15 is 0 Å². The predicted molar refractivity (Wildman–Crippen MR) is 104 cm³/mol. The van der Waals surface area contributed by atoms with E-state index in [2.05, 4.69) is 19.2 Å². The molecule has 0 bridgehead atoms. The van der Waals surface area contributed by atoms with Crippen molar-refractivity contribution in [3.05, 3.63) is 53.6 Å². The summed E-state index contributed by atoms with van der Waals surface area (Å²) in [6, 6.07) is 12.4. The lowest BCUT2D eigenvalue weighted by Crippen LogP contribution is -2.21. The first-order chi connectivity index (χ1) is 13.0. The molecule has 0 radical (unpaired) electrons. The highest BCUT2D eigenvalue weighted by Gasteiger charge is 2.16. The molecular weight excluding hydrogens is 346 g/mol. The Bertz CT molecular complexity index is 786. The summed E-state index contributed by atoms with van der Waals surface area (Å²) < 4.78 is 15.3. The Hall–Kier alpha value is -3.02. The predicted octanol–water partition coefficient (Wildman–Crippen LogP) is 4.01. The number of methoxy groups -OCH3 is 2. The fourth-order valence-electron chi connectivity index (χ4n) is 2.50. The van der Waals surface area contributed by atoms with Crippen LogP contribution in [0.1, 0.15) is 42.1 Å². The van der Waals surface area contributed by atoms with Crippen LogP contribution >= 0.6 is 0 Å². The van der Waals surface area contributed by atoms with Crippen molar-refractivity contribution in [2.24, 2.45) is 0 Å². The van der Waals surface area contributed by atoms with Gasteiger partial charge in [0, 0.05) is 11.8 Å². The van der Waals surface area contributed by atoms with Crippen LogP contribution in [0.5, 0.6) is 11.5 Å². The van der Waals surface area contributed by atoms with Gasteiger partial charge >= 0.3 is 5.97 Å². The quantitative estimate of drug-likeness (QED) is 0.710. The lowest BCUT2D eigenvalue weighted by atomic mass is 9.99. The molecule has 2 rings (SSSR count). The van der Waals surface area contributed by atoms with Gasteiger partial charge in [-0.25, -0.2) is 4.79 Å².